The molecule has 0 aromatic heterocycles. The number of halogens is 1. The van der Waals surface area contributed by atoms with E-state index < -0.39 is 17.4 Å². The highest BCUT2D eigenvalue weighted by atomic mass is 35.5. The number of carboxylic acids is 1. The molecule has 0 spiro atoms. The van der Waals surface area contributed by atoms with Crippen molar-refractivity contribution in [1.82, 2.24) is 5.32 Å². The van der Waals surface area contributed by atoms with E-state index in [1.807, 2.05) is 13.0 Å². The van der Waals surface area contributed by atoms with Gasteiger partial charge in [0.25, 0.3) is 0 Å². The van der Waals surface area contributed by atoms with Crippen LogP contribution in [0.25, 0.3) is 0 Å². The number of hydrogen-bond donors (Lipinski definition) is 3. The number of carbonyl (C=O) groups excluding carboxylic acids is 1. The van der Waals surface area contributed by atoms with Crippen molar-refractivity contribution in [3.63, 3.8) is 0 Å². The number of anilines is 1. The van der Waals surface area contributed by atoms with Crippen LogP contribution in [0.15, 0.2) is 18.2 Å². The molecule has 2 amide bonds. The lowest BCUT2D eigenvalue weighted by molar-refractivity contribution is -0.148. The molecule has 3 N–H and O–H groups in total. The minimum absolute atomic E-state index is 0.376. The highest BCUT2D eigenvalue weighted by molar-refractivity contribution is 6.33. The number of aryl methyl sites for hydroxylation is 1. The van der Waals surface area contributed by atoms with Gasteiger partial charge in [-0.25, -0.2) is 4.79 Å². The van der Waals surface area contributed by atoms with E-state index >= 15 is 0 Å². The molecular formula is C15H19ClN2O3. The number of aliphatic carboxylic acids is 1. The summed E-state index contributed by atoms with van der Waals surface area (Å²) < 4.78 is 0. The van der Waals surface area contributed by atoms with Crippen LogP contribution in [0.2, 0.25) is 5.02 Å². The van der Waals surface area contributed by atoms with E-state index in [1.54, 1.807) is 19.1 Å². The van der Waals surface area contributed by atoms with Crippen LogP contribution < -0.4 is 10.6 Å². The lowest BCUT2D eigenvalue weighted by atomic mass is 9.85. The fourth-order valence-corrected chi connectivity index (χ4v) is 2.97. The van der Waals surface area contributed by atoms with Crippen LogP contribution >= 0.6 is 11.6 Å². The van der Waals surface area contributed by atoms with Gasteiger partial charge in [0.1, 0.15) is 0 Å². The van der Waals surface area contributed by atoms with Crippen molar-refractivity contribution in [2.24, 2.45) is 5.41 Å². The number of amides is 2. The van der Waals surface area contributed by atoms with Crippen molar-refractivity contribution in [3.8, 4) is 0 Å². The number of rotatable bonds is 3. The largest absolute Gasteiger partial charge is 0.481 e. The van der Waals surface area contributed by atoms with Gasteiger partial charge >= 0.3 is 12.0 Å². The van der Waals surface area contributed by atoms with Gasteiger partial charge in [0.15, 0.2) is 0 Å². The average Bonchev–Trinajstić information content (AvgIpc) is 2.76. The Morgan fingerprint density at radius 3 is 2.76 bits per heavy atom. The zero-order chi connectivity index (χ0) is 15.6. The van der Waals surface area contributed by atoms with Crippen molar-refractivity contribution in [2.75, 3.05) is 5.32 Å². The molecule has 0 saturated heterocycles. The van der Waals surface area contributed by atoms with Crippen LogP contribution in [0.5, 0.6) is 0 Å². The second kappa shape index (κ2) is 5.93. The molecular weight excluding hydrogens is 292 g/mol. The third-order valence-corrected chi connectivity index (χ3v) is 4.44. The Bertz CT molecular complexity index is 576. The maximum absolute atomic E-state index is 12.0. The third-order valence-electron chi connectivity index (χ3n) is 4.12. The van der Waals surface area contributed by atoms with Crippen LogP contribution in [0.3, 0.4) is 0 Å². The Morgan fingerprint density at radius 1 is 1.43 bits per heavy atom. The quantitative estimate of drug-likeness (QED) is 0.800. The maximum Gasteiger partial charge on any atom is 0.319 e. The molecule has 114 valence electrons. The Hall–Kier alpha value is -1.75. The molecule has 1 aliphatic rings. The SMILES string of the molecule is Cc1ccc(NC(=O)NC2CCCC2(C)C(=O)O)c(Cl)c1. The fourth-order valence-electron chi connectivity index (χ4n) is 2.69. The minimum Gasteiger partial charge on any atom is -0.481 e. The molecule has 1 aliphatic carbocycles. The molecule has 1 aromatic carbocycles. The zero-order valence-electron chi connectivity index (χ0n) is 12.1. The molecule has 21 heavy (non-hydrogen) atoms. The van der Waals surface area contributed by atoms with Crippen molar-refractivity contribution in [2.45, 2.75) is 39.2 Å². The van der Waals surface area contributed by atoms with E-state index in [0.717, 1.165) is 12.0 Å². The van der Waals surface area contributed by atoms with E-state index in [0.29, 0.717) is 23.6 Å². The molecule has 0 aliphatic heterocycles. The van der Waals surface area contributed by atoms with Gasteiger partial charge in [0.05, 0.1) is 16.1 Å². The summed E-state index contributed by atoms with van der Waals surface area (Å²) in [6, 6.07) is 4.52. The average molecular weight is 311 g/mol. The molecule has 1 saturated carbocycles. The Balaban J connectivity index is 2.03. The van der Waals surface area contributed by atoms with Gasteiger partial charge in [0, 0.05) is 6.04 Å². The highest BCUT2D eigenvalue weighted by Crippen LogP contribution is 2.38. The monoisotopic (exact) mass is 310 g/mol. The Kier molecular flexibility index (Phi) is 4.42. The van der Waals surface area contributed by atoms with Crippen molar-refractivity contribution >= 4 is 29.3 Å². The Morgan fingerprint density at radius 2 is 2.14 bits per heavy atom. The number of nitrogens with one attached hydrogen (secondary N) is 2. The summed E-state index contributed by atoms with van der Waals surface area (Å²) in [5.41, 5.74) is 0.601. The molecule has 1 fully saturated rings. The van der Waals surface area contributed by atoms with E-state index in [2.05, 4.69) is 10.6 Å². The van der Waals surface area contributed by atoms with Crippen LogP contribution in [-0.4, -0.2) is 23.1 Å². The summed E-state index contributed by atoms with van der Waals surface area (Å²) in [5, 5.41) is 15.2. The van der Waals surface area contributed by atoms with E-state index in [1.165, 1.54) is 0 Å². The predicted octanol–water partition coefficient (Wildman–Crippen LogP) is 3.41. The van der Waals surface area contributed by atoms with Crippen molar-refractivity contribution in [1.29, 1.82) is 0 Å². The van der Waals surface area contributed by atoms with Gasteiger partial charge in [-0.15, -0.1) is 0 Å². The lowest BCUT2D eigenvalue weighted by Crippen LogP contribution is -2.48. The molecule has 2 rings (SSSR count). The van der Waals surface area contributed by atoms with Crippen molar-refractivity contribution < 1.29 is 14.7 Å². The molecule has 2 atom stereocenters. The molecule has 6 heteroatoms. The van der Waals surface area contributed by atoms with Crippen LogP contribution in [-0.2, 0) is 4.79 Å². The predicted molar refractivity (Wildman–Crippen MR) is 81.7 cm³/mol. The smallest absolute Gasteiger partial charge is 0.319 e. The molecule has 2 unspecified atom stereocenters. The topological polar surface area (TPSA) is 78.4 Å². The van der Waals surface area contributed by atoms with Gasteiger partial charge in [0.2, 0.25) is 0 Å². The van der Waals surface area contributed by atoms with Gasteiger partial charge in [-0.2, -0.15) is 0 Å². The molecule has 5 nitrogen and oxygen atoms in total. The second-order valence-corrected chi connectivity index (χ2v) is 6.16. The molecule has 0 radical (unpaired) electrons. The summed E-state index contributed by atoms with van der Waals surface area (Å²) in [5.74, 6) is -0.876. The zero-order valence-corrected chi connectivity index (χ0v) is 12.8. The third kappa shape index (κ3) is 3.29. The first-order valence-corrected chi connectivity index (χ1v) is 7.28. The van der Waals surface area contributed by atoms with Gasteiger partial charge in [-0.1, -0.05) is 24.1 Å². The highest BCUT2D eigenvalue weighted by Gasteiger charge is 2.45. The standard InChI is InChI=1S/C15H19ClN2O3/c1-9-5-6-11(10(16)8-9)17-14(21)18-12-4-3-7-15(12,2)13(19)20/h5-6,8,12H,3-4,7H2,1-2H3,(H,19,20)(H2,17,18,21). The number of urea groups is 1. The second-order valence-electron chi connectivity index (χ2n) is 5.75. The number of benzene rings is 1. The molecule has 1 aromatic rings. The normalized spacial score (nSPS) is 24.6. The van der Waals surface area contributed by atoms with Gasteiger partial charge in [-0.05, 0) is 44.4 Å². The summed E-state index contributed by atoms with van der Waals surface area (Å²) in [7, 11) is 0. The van der Waals surface area contributed by atoms with E-state index in [9.17, 15) is 14.7 Å². The van der Waals surface area contributed by atoms with E-state index in [4.69, 9.17) is 11.6 Å². The summed E-state index contributed by atoms with van der Waals surface area (Å²) in [4.78, 5) is 23.4. The minimum atomic E-state index is -0.908. The lowest BCUT2D eigenvalue weighted by Gasteiger charge is -2.27. The Labute approximate surface area is 128 Å². The van der Waals surface area contributed by atoms with Crippen LogP contribution in [0.1, 0.15) is 31.7 Å². The molecule has 0 heterocycles. The maximum atomic E-state index is 12.0. The summed E-state index contributed by atoms with van der Waals surface area (Å²) in [6.07, 6.45) is 2.02. The van der Waals surface area contributed by atoms with Crippen LogP contribution in [0, 0.1) is 12.3 Å². The fraction of sp³-hybridized carbons (Fsp3) is 0.467. The first kappa shape index (κ1) is 15.6. The number of carboxylic acid groups (broad SMARTS) is 1. The molecule has 0 bridgehead atoms. The first-order chi connectivity index (χ1) is 9.83. The number of carbonyl (C=O) groups is 2. The summed E-state index contributed by atoms with van der Waals surface area (Å²) in [6.45, 7) is 3.58. The van der Waals surface area contributed by atoms with Gasteiger partial charge in [-0.3, -0.25) is 4.79 Å². The van der Waals surface area contributed by atoms with Crippen molar-refractivity contribution in [3.05, 3.63) is 28.8 Å². The summed E-state index contributed by atoms with van der Waals surface area (Å²) >= 11 is 6.06. The van der Waals surface area contributed by atoms with Crippen LogP contribution in [0.4, 0.5) is 10.5 Å². The van der Waals surface area contributed by atoms with E-state index in [-0.39, 0.29) is 6.04 Å². The first-order valence-electron chi connectivity index (χ1n) is 6.90. The van der Waals surface area contributed by atoms with Gasteiger partial charge < -0.3 is 15.7 Å². The number of hydrogen-bond acceptors (Lipinski definition) is 2.